The molecule has 4 rings (SSSR count). The molecule has 164 valence electrons. The number of aromatic nitrogens is 5. The second-order valence-corrected chi connectivity index (χ2v) is 9.10. The zero-order chi connectivity index (χ0) is 22.7. The van der Waals surface area contributed by atoms with Crippen LogP contribution in [-0.2, 0) is 22.4 Å². The van der Waals surface area contributed by atoms with Gasteiger partial charge >= 0.3 is 0 Å². The van der Waals surface area contributed by atoms with E-state index in [2.05, 4.69) is 30.7 Å². The average Bonchev–Trinajstić information content (AvgIpc) is 3.43. The summed E-state index contributed by atoms with van der Waals surface area (Å²) in [6.07, 6.45) is 0.367. The maximum atomic E-state index is 12.6. The molecule has 0 aromatic carbocycles. The van der Waals surface area contributed by atoms with Crippen LogP contribution in [0.5, 0.6) is 0 Å². The van der Waals surface area contributed by atoms with E-state index in [0.717, 1.165) is 22.0 Å². The Hall–Kier alpha value is -3.44. The molecule has 0 aliphatic carbocycles. The van der Waals surface area contributed by atoms with E-state index in [-0.39, 0.29) is 18.2 Å². The standard InChI is InChI=1S/C21H21N7O2S2/c1-12-7-13(2)23-20(22-12)28-17(8-14(3)27-28)25-18(29)9-15-11-32-21(24-15)26-19(30)10-16-5-4-6-31-16/h4-8,11H,9-10H2,1-3H3,(H,25,29)(H,24,26,30). The van der Waals surface area contributed by atoms with Crippen LogP contribution in [-0.4, -0.2) is 36.5 Å². The van der Waals surface area contributed by atoms with E-state index in [4.69, 9.17) is 0 Å². The number of nitrogens with one attached hydrogen (secondary N) is 2. The van der Waals surface area contributed by atoms with Crippen molar-refractivity contribution < 1.29 is 9.59 Å². The summed E-state index contributed by atoms with van der Waals surface area (Å²) in [5.74, 6) is 0.496. The third-order valence-electron chi connectivity index (χ3n) is 4.31. The topological polar surface area (TPSA) is 115 Å². The second kappa shape index (κ2) is 9.37. The van der Waals surface area contributed by atoms with Gasteiger partial charge in [0.15, 0.2) is 5.13 Å². The largest absolute Gasteiger partial charge is 0.310 e. The molecule has 4 heterocycles. The van der Waals surface area contributed by atoms with Gasteiger partial charge in [0.2, 0.25) is 11.8 Å². The molecule has 32 heavy (non-hydrogen) atoms. The molecule has 0 aliphatic rings. The number of thiazole rings is 1. The highest BCUT2D eigenvalue weighted by molar-refractivity contribution is 7.14. The van der Waals surface area contributed by atoms with Crippen LogP contribution in [0, 0.1) is 20.8 Å². The molecule has 4 aromatic rings. The van der Waals surface area contributed by atoms with Crippen molar-refractivity contribution >= 4 is 45.4 Å². The highest BCUT2D eigenvalue weighted by atomic mass is 32.1. The van der Waals surface area contributed by atoms with Gasteiger partial charge in [-0.05, 0) is 38.3 Å². The molecule has 4 aromatic heterocycles. The molecule has 9 nitrogen and oxygen atoms in total. The molecular formula is C21H21N7O2S2. The van der Waals surface area contributed by atoms with Crippen molar-refractivity contribution in [1.82, 2.24) is 24.7 Å². The van der Waals surface area contributed by atoms with E-state index in [1.807, 2.05) is 44.4 Å². The van der Waals surface area contributed by atoms with Gasteiger partial charge in [-0.3, -0.25) is 9.59 Å². The summed E-state index contributed by atoms with van der Waals surface area (Å²) in [6, 6.07) is 7.46. The number of aryl methyl sites for hydroxylation is 3. The molecule has 0 spiro atoms. The van der Waals surface area contributed by atoms with Gasteiger partial charge in [-0.15, -0.1) is 22.7 Å². The summed E-state index contributed by atoms with van der Waals surface area (Å²) < 4.78 is 1.52. The minimum Gasteiger partial charge on any atom is -0.310 e. The minimum absolute atomic E-state index is 0.0647. The highest BCUT2D eigenvalue weighted by Crippen LogP contribution is 2.19. The molecule has 2 amide bonds. The first kappa shape index (κ1) is 21.8. The van der Waals surface area contributed by atoms with E-state index in [9.17, 15) is 9.59 Å². The van der Waals surface area contributed by atoms with Crippen LogP contribution in [0.3, 0.4) is 0 Å². The van der Waals surface area contributed by atoms with Gasteiger partial charge in [-0.2, -0.15) is 9.78 Å². The van der Waals surface area contributed by atoms with Crippen LogP contribution in [0.25, 0.3) is 5.95 Å². The molecule has 0 bridgehead atoms. The van der Waals surface area contributed by atoms with Crippen molar-refractivity contribution in [2.75, 3.05) is 10.6 Å². The Balaban J connectivity index is 1.40. The summed E-state index contributed by atoms with van der Waals surface area (Å²) in [6.45, 7) is 5.60. The lowest BCUT2D eigenvalue weighted by Gasteiger charge is -2.08. The molecule has 0 fully saturated rings. The molecule has 0 radical (unpaired) electrons. The number of carbonyl (C=O) groups is 2. The summed E-state index contributed by atoms with van der Waals surface area (Å²) >= 11 is 2.82. The van der Waals surface area contributed by atoms with Crippen molar-refractivity contribution in [1.29, 1.82) is 0 Å². The smallest absolute Gasteiger partial charge is 0.252 e. The minimum atomic E-state index is -0.253. The molecule has 11 heteroatoms. The highest BCUT2D eigenvalue weighted by Gasteiger charge is 2.16. The predicted molar refractivity (Wildman–Crippen MR) is 124 cm³/mol. The zero-order valence-electron chi connectivity index (χ0n) is 17.7. The predicted octanol–water partition coefficient (Wildman–Crippen LogP) is 3.47. The number of anilines is 2. The van der Waals surface area contributed by atoms with Gasteiger partial charge in [0, 0.05) is 27.7 Å². The lowest BCUT2D eigenvalue weighted by molar-refractivity contribution is -0.116. The quantitative estimate of drug-likeness (QED) is 0.430. The first-order valence-corrected chi connectivity index (χ1v) is 11.6. The average molecular weight is 468 g/mol. The molecule has 0 aliphatic heterocycles. The Labute approximate surface area is 192 Å². The number of thiophene rings is 1. The fourth-order valence-corrected chi connectivity index (χ4v) is 4.50. The first-order chi connectivity index (χ1) is 15.4. The fourth-order valence-electron chi connectivity index (χ4n) is 3.07. The van der Waals surface area contributed by atoms with Crippen molar-refractivity contribution in [2.45, 2.75) is 33.6 Å². The van der Waals surface area contributed by atoms with Crippen LogP contribution in [0.4, 0.5) is 10.9 Å². The summed E-state index contributed by atoms with van der Waals surface area (Å²) in [5.41, 5.74) is 2.93. The van der Waals surface area contributed by atoms with E-state index in [1.165, 1.54) is 27.4 Å². The molecule has 0 atom stereocenters. The monoisotopic (exact) mass is 467 g/mol. The SMILES string of the molecule is Cc1cc(C)nc(-n2nc(C)cc2NC(=O)Cc2csc(NC(=O)Cc3cccs3)n2)n1. The van der Waals surface area contributed by atoms with E-state index in [1.54, 1.807) is 11.4 Å². The summed E-state index contributed by atoms with van der Waals surface area (Å²) in [4.78, 5) is 38.9. The van der Waals surface area contributed by atoms with Gasteiger partial charge in [0.1, 0.15) is 5.82 Å². The molecule has 0 saturated carbocycles. The molecule has 0 unspecified atom stereocenters. The first-order valence-electron chi connectivity index (χ1n) is 9.81. The maximum Gasteiger partial charge on any atom is 0.252 e. The van der Waals surface area contributed by atoms with Gasteiger partial charge in [0.25, 0.3) is 5.95 Å². The van der Waals surface area contributed by atoms with Crippen LogP contribution in [0.2, 0.25) is 0 Å². The summed E-state index contributed by atoms with van der Waals surface area (Å²) in [5, 5.41) is 14.2. The van der Waals surface area contributed by atoms with Gasteiger partial charge in [-0.25, -0.2) is 15.0 Å². The number of carbonyl (C=O) groups excluding carboxylic acids is 2. The lowest BCUT2D eigenvalue weighted by Crippen LogP contribution is -2.18. The maximum absolute atomic E-state index is 12.6. The van der Waals surface area contributed by atoms with Crippen molar-refractivity contribution in [3.8, 4) is 5.95 Å². The Morgan fingerprint density at radius 3 is 2.41 bits per heavy atom. The van der Waals surface area contributed by atoms with Gasteiger partial charge < -0.3 is 10.6 Å². The van der Waals surface area contributed by atoms with E-state index < -0.39 is 0 Å². The normalized spacial score (nSPS) is 10.8. The van der Waals surface area contributed by atoms with Gasteiger partial charge in [-0.1, -0.05) is 6.07 Å². The lowest BCUT2D eigenvalue weighted by atomic mass is 10.3. The fraction of sp³-hybridized carbons (Fsp3) is 0.238. The zero-order valence-corrected chi connectivity index (χ0v) is 19.4. The third-order valence-corrected chi connectivity index (χ3v) is 6.00. The molecule has 2 N–H and O–H groups in total. The third kappa shape index (κ3) is 5.42. The van der Waals surface area contributed by atoms with Crippen molar-refractivity contribution in [3.63, 3.8) is 0 Å². The van der Waals surface area contributed by atoms with Crippen LogP contribution < -0.4 is 10.6 Å². The number of hydrogen-bond donors (Lipinski definition) is 2. The Bertz CT molecular complexity index is 1240. The Morgan fingerprint density at radius 1 is 0.938 bits per heavy atom. The van der Waals surface area contributed by atoms with Crippen LogP contribution in [0.1, 0.15) is 27.7 Å². The number of hydrogen-bond acceptors (Lipinski definition) is 8. The molecular weight excluding hydrogens is 446 g/mol. The van der Waals surface area contributed by atoms with Crippen molar-refractivity contribution in [3.05, 3.63) is 62.7 Å². The van der Waals surface area contributed by atoms with Crippen LogP contribution in [0.15, 0.2) is 35.0 Å². The number of amides is 2. The van der Waals surface area contributed by atoms with E-state index in [0.29, 0.717) is 29.0 Å². The number of rotatable bonds is 7. The van der Waals surface area contributed by atoms with Gasteiger partial charge in [0.05, 0.1) is 24.2 Å². The van der Waals surface area contributed by atoms with Crippen LogP contribution >= 0.6 is 22.7 Å². The Morgan fingerprint density at radius 2 is 1.69 bits per heavy atom. The van der Waals surface area contributed by atoms with E-state index >= 15 is 0 Å². The molecule has 0 saturated heterocycles. The Kier molecular flexibility index (Phi) is 6.37. The summed E-state index contributed by atoms with van der Waals surface area (Å²) in [7, 11) is 0. The second-order valence-electron chi connectivity index (χ2n) is 7.21. The number of nitrogens with zero attached hydrogens (tertiary/aromatic N) is 5. The van der Waals surface area contributed by atoms with Crippen molar-refractivity contribution in [2.24, 2.45) is 0 Å².